The molecule has 0 bridgehead atoms. The third-order valence-corrected chi connectivity index (χ3v) is 4.03. The summed E-state index contributed by atoms with van der Waals surface area (Å²) in [6.45, 7) is 6.35. The highest BCUT2D eigenvalue weighted by Gasteiger charge is 2.31. The molecule has 3 unspecified atom stereocenters. The van der Waals surface area contributed by atoms with Gasteiger partial charge < -0.3 is 20.5 Å². The molecule has 1 fully saturated rings. The van der Waals surface area contributed by atoms with E-state index in [1.165, 1.54) is 0 Å². The molecule has 0 radical (unpaired) electrons. The Labute approximate surface area is 142 Å². The first-order chi connectivity index (χ1) is 11.4. The molecule has 0 aromatic heterocycles. The number of benzene rings is 1. The normalized spacial score (nSPS) is 21.5. The summed E-state index contributed by atoms with van der Waals surface area (Å²) in [5, 5.41) is 15.2. The standard InChI is InChI=1S/C18H26N2O4/c1-11(2)10-15(17(22)19-14-8-9-24-18(14)23)20-16(21)13-6-4-12(3)5-7-13/h4-7,11,14-15,18,23H,8-10H2,1-3H3,(H,19,22)(H,20,21). The molecule has 0 saturated carbocycles. The molecule has 1 saturated heterocycles. The van der Waals surface area contributed by atoms with Gasteiger partial charge in [0.25, 0.3) is 5.91 Å². The number of rotatable bonds is 6. The Morgan fingerprint density at radius 1 is 1.29 bits per heavy atom. The van der Waals surface area contributed by atoms with E-state index in [-0.39, 0.29) is 17.7 Å². The molecule has 0 aliphatic carbocycles. The van der Waals surface area contributed by atoms with Crippen molar-refractivity contribution in [1.82, 2.24) is 10.6 Å². The van der Waals surface area contributed by atoms with Gasteiger partial charge in [-0.25, -0.2) is 0 Å². The minimum Gasteiger partial charge on any atom is -0.366 e. The van der Waals surface area contributed by atoms with Gasteiger partial charge in [0.15, 0.2) is 6.29 Å². The molecule has 6 nitrogen and oxygen atoms in total. The lowest BCUT2D eigenvalue weighted by Gasteiger charge is -2.23. The first kappa shape index (κ1) is 18.4. The van der Waals surface area contributed by atoms with Crippen molar-refractivity contribution in [3.05, 3.63) is 35.4 Å². The second-order valence-corrected chi connectivity index (χ2v) is 6.69. The zero-order chi connectivity index (χ0) is 17.7. The van der Waals surface area contributed by atoms with Crippen molar-refractivity contribution in [2.24, 2.45) is 5.92 Å². The highest BCUT2D eigenvalue weighted by Crippen LogP contribution is 2.13. The molecule has 2 amide bonds. The van der Waals surface area contributed by atoms with Crippen LogP contribution < -0.4 is 10.6 Å². The maximum atomic E-state index is 12.5. The fraction of sp³-hybridized carbons (Fsp3) is 0.556. The topological polar surface area (TPSA) is 87.7 Å². The second kappa shape index (κ2) is 8.26. The first-order valence-electron chi connectivity index (χ1n) is 8.34. The van der Waals surface area contributed by atoms with E-state index in [9.17, 15) is 14.7 Å². The van der Waals surface area contributed by atoms with Crippen molar-refractivity contribution in [3.8, 4) is 0 Å². The predicted octanol–water partition coefficient (Wildman–Crippen LogP) is 1.36. The monoisotopic (exact) mass is 334 g/mol. The Kier molecular flexibility index (Phi) is 6.34. The van der Waals surface area contributed by atoms with Crippen LogP contribution in [0.25, 0.3) is 0 Å². The molecule has 1 aromatic rings. The van der Waals surface area contributed by atoms with Gasteiger partial charge in [0.1, 0.15) is 6.04 Å². The minimum absolute atomic E-state index is 0.240. The van der Waals surface area contributed by atoms with Gasteiger partial charge in [-0.15, -0.1) is 0 Å². The van der Waals surface area contributed by atoms with Crippen LogP contribution in [-0.2, 0) is 9.53 Å². The molecule has 24 heavy (non-hydrogen) atoms. The van der Waals surface area contributed by atoms with Gasteiger partial charge in [-0.3, -0.25) is 9.59 Å². The Morgan fingerprint density at radius 3 is 2.50 bits per heavy atom. The van der Waals surface area contributed by atoms with Crippen LogP contribution in [-0.4, -0.2) is 41.9 Å². The number of aliphatic hydroxyl groups is 1. The summed E-state index contributed by atoms with van der Waals surface area (Å²) in [7, 11) is 0. The number of carbonyl (C=O) groups excluding carboxylic acids is 2. The second-order valence-electron chi connectivity index (χ2n) is 6.69. The Morgan fingerprint density at radius 2 is 1.96 bits per heavy atom. The van der Waals surface area contributed by atoms with Crippen LogP contribution in [0.1, 0.15) is 42.6 Å². The fourth-order valence-corrected chi connectivity index (χ4v) is 2.65. The number of nitrogens with one attached hydrogen (secondary N) is 2. The first-order valence-corrected chi connectivity index (χ1v) is 8.34. The van der Waals surface area contributed by atoms with Crippen LogP contribution >= 0.6 is 0 Å². The van der Waals surface area contributed by atoms with E-state index in [4.69, 9.17) is 4.74 Å². The highest BCUT2D eigenvalue weighted by atomic mass is 16.6. The third kappa shape index (κ3) is 5.04. The smallest absolute Gasteiger partial charge is 0.251 e. The molecule has 3 N–H and O–H groups in total. The summed E-state index contributed by atoms with van der Waals surface area (Å²) in [6, 6.07) is 6.12. The van der Waals surface area contributed by atoms with Gasteiger partial charge in [0, 0.05) is 5.56 Å². The van der Waals surface area contributed by atoms with Gasteiger partial charge in [0.2, 0.25) is 5.91 Å². The number of carbonyl (C=O) groups is 2. The van der Waals surface area contributed by atoms with Crippen molar-refractivity contribution in [2.45, 2.75) is 52.0 Å². The van der Waals surface area contributed by atoms with Gasteiger partial charge in [-0.05, 0) is 37.8 Å². The van der Waals surface area contributed by atoms with E-state index in [0.29, 0.717) is 25.0 Å². The highest BCUT2D eigenvalue weighted by molar-refractivity contribution is 5.97. The number of ether oxygens (including phenoxy) is 1. The molecule has 1 aliphatic heterocycles. The molecular weight excluding hydrogens is 308 g/mol. The third-order valence-electron chi connectivity index (χ3n) is 4.03. The lowest BCUT2D eigenvalue weighted by atomic mass is 10.0. The number of amides is 2. The number of aryl methyl sites for hydroxylation is 1. The maximum Gasteiger partial charge on any atom is 0.251 e. The number of aliphatic hydroxyl groups excluding tert-OH is 1. The van der Waals surface area contributed by atoms with E-state index < -0.39 is 18.4 Å². The SMILES string of the molecule is Cc1ccc(C(=O)NC(CC(C)C)C(=O)NC2CCOC2O)cc1. The Bertz CT molecular complexity index is 571. The fourth-order valence-electron chi connectivity index (χ4n) is 2.65. The molecule has 1 aromatic carbocycles. The van der Waals surface area contributed by atoms with Crippen molar-refractivity contribution >= 4 is 11.8 Å². The maximum absolute atomic E-state index is 12.5. The minimum atomic E-state index is -0.985. The predicted molar refractivity (Wildman–Crippen MR) is 90.4 cm³/mol. The zero-order valence-corrected chi connectivity index (χ0v) is 14.4. The lowest BCUT2D eigenvalue weighted by molar-refractivity contribution is -0.127. The molecule has 1 heterocycles. The molecule has 3 atom stereocenters. The van der Waals surface area contributed by atoms with Crippen LogP contribution in [0, 0.1) is 12.8 Å². The molecule has 132 valence electrons. The van der Waals surface area contributed by atoms with Crippen molar-refractivity contribution < 1.29 is 19.4 Å². The summed E-state index contributed by atoms with van der Waals surface area (Å²) in [5.74, 6) is -0.332. The molecule has 2 rings (SSSR count). The largest absolute Gasteiger partial charge is 0.366 e. The van der Waals surface area contributed by atoms with Crippen LogP contribution in [0.2, 0.25) is 0 Å². The Balaban J connectivity index is 2.02. The average Bonchev–Trinajstić information content (AvgIpc) is 2.92. The van der Waals surface area contributed by atoms with Crippen molar-refractivity contribution in [2.75, 3.05) is 6.61 Å². The number of hydrogen-bond acceptors (Lipinski definition) is 4. The van der Waals surface area contributed by atoms with Crippen LogP contribution in [0.4, 0.5) is 0 Å². The van der Waals surface area contributed by atoms with Crippen molar-refractivity contribution in [1.29, 1.82) is 0 Å². The van der Waals surface area contributed by atoms with E-state index >= 15 is 0 Å². The van der Waals surface area contributed by atoms with Gasteiger partial charge in [0.05, 0.1) is 12.6 Å². The summed E-state index contributed by atoms with van der Waals surface area (Å²) < 4.78 is 5.04. The number of hydrogen-bond donors (Lipinski definition) is 3. The van der Waals surface area contributed by atoms with E-state index in [1.807, 2.05) is 32.9 Å². The average molecular weight is 334 g/mol. The lowest BCUT2D eigenvalue weighted by Crippen LogP contribution is -2.51. The van der Waals surface area contributed by atoms with Crippen molar-refractivity contribution in [3.63, 3.8) is 0 Å². The Hall–Kier alpha value is -1.92. The van der Waals surface area contributed by atoms with E-state index in [2.05, 4.69) is 10.6 Å². The summed E-state index contributed by atoms with van der Waals surface area (Å²) in [6.07, 6.45) is 0.0989. The van der Waals surface area contributed by atoms with E-state index in [1.54, 1.807) is 12.1 Å². The van der Waals surface area contributed by atoms with Crippen LogP contribution in [0.3, 0.4) is 0 Å². The molecule has 1 aliphatic rings. The zero-order valence-electron chi connectivity index (χ0n) is 14.4. The summed E-state index contributed by atoms with van der Waals surface area (Å²) in [5.41, 5.74) is 1.59. The summed E-state index contributed by atoms with van der Waals surface area (Å²) in [4.78, 5) is 24.9. The van der Waals surface area contributed by atoms with Gasteiger partial charge >= 0.3 is 0 Å². The van der Waals surface area contributed by atoms with Crippen LogP contribution in [0.5, 0.6) is 0 Å². The molecule has 6 heteroatoms. The summed E-state index contributed by atoms with van der Waals surface area (Å²) >= 11 is 0. The molecular formula is C18H26N2O4. The quantitative estimate of drug-likeness (QED) is 0.733. The van der Waals surface area contributed by atoms with Crippen LogP contribution in [0.15, 0.2) is 24.3 Å². The van der Waals surface area contributed by atoms with Gasteiger partial charge in [-0.2, -0.15) is 0 Å². The molecule has 0 spiro atoms. The van der Waals surface area contributed by atoms with Gasteiger partial charge in [-0.1, -0.05) is 31.5 Å². The van der Waals surface area contributed by atoms with E-state index in [0.717, 1.165) is 5.56 Å².